The molecule has 0 radical (unpaired) electrons. The topological polar surface area (TPSA) is 6.48 Å². The Hall–Kier alpha value is -8.86. The molecule has 0 N–H and O–H groups in total. The van der Waals surface area contributed by atoms with Gasteiger partial charge in [0.2, 0.25) is 0 Å². The summed E-state index contributed by atoms with van der Waals surface area (Å²) in [7, 11) is 0. The van der Waals surface area contributed by atoms with E-state index in [1.165, 1.54) is 21.9 Å². The summed E-state index contributed by atoms with van der Waals surface area (Å²) in [5.74, 6) is -1.45. The van der Waals surface area contributed by atoms with Crippen molar-refractivity contribution in [3.63, 3.8) is 0 Å². The van der Waals surface area contributed by atoms with E-state index in [0.717, 1.165) is 55.6 Å². The lowest BCUT2D eigenvalue weighted by atomic mass is 9.89. The van der Waals surface area contributed by atoms with E-state index in [9.17, 15) is 5.48 Å². The summed E-state index contributed by atoms with van der Waals surface area (Å²) in [6, 6.07) is 38.6. The van der Waals surface area contributed by atoms with E-state index in [-0.39, 0.29) is 34.1 Å². The van der Waals surface area contributed by atoms with Gasteiger partial charge in [0.15, 0.2) is 0 Å². The summed E-state index contributed by atoms with van der Waals surface area (Å²) in [5.41, 5.74) is 12.2. The van der Waals surface area contributed by atoms with Crippen LogP contribution in [0.5, 0.6) is 0 Å². The van der Waals surface area contributed by atoms with Crippen LogP contribution in [0.4, 0.5) is 42.9 Å². The summed E-state index contributed by atoms with van der Waals surface area (Å²) < 4.78 is 129. The molecule has 0 aliphatic carbocycles. The van der Waals surface area contributed by atoms with Gasteiger partial charge in [0.25, 0.3) is 0 Å². The van der Waals surface area contributed by atoms with Crippen molar-refractivity contribution in [2.24, 2.45) is 0 Å². The highest BCUT2D eigenvalue weighted by Gasteiger charge is 2.29. The largest absolute Gasteiger partial charge is 0.307 e. The number of nitrogens with zero attached hydrogens (tertiary/aromatic N) is 2. The van der Waals surface area contributed by atoms with Gasteiger partial charge in [-0.3, -0.25) is 0 Å². The molecule has 4 heteroatoms. The molecule has 0 heterocycles. The number of aryl methyl sites for hydroxylation is 4. The Morgan fingerprint density at radius 2 is 0.671 bits per heavy atom. The molecule has 370 valence electrons. The zero-order valence-corrected chi connectivity index (χ0v) is 43.5. The van der Waals surface area contributed by atoms with E-state index in [0.29, 0.717) is 65.7 Å². The van der Waals surface area contributed by atoms with Crippen LogP contribution in [-0.2, 0) is 0 Å². The second-order valence-electron chi connectivity index (χ2n) is 19.9. The van der Waals surface area contributed by atoms with Crippen LogP contribution in [0.2, 0.25) is 0 Å². The Balaban J connectivity index is 1.21. The molecule has 12 aromatic rings. The predicted molar refractivity (Wildman–Crippen MR) is 319 cm³/mol. The predicted octanol–water partition coefficient (Wildman–Crippen LogP) is 20.9. The van der Waals surface area contributed by atoms with Crippen LogP contribution in [0.15, 0.2) is 206 Å². The minimum atomic E-state index is -0.723. The summed E-state index contributed by atoms with van der Waals surface area (Å²) in [4.78, 5) is 2.91. The third-order valence-corrected chi connectivity index (χ3v) is 15.7. The monoisotopic (exact) mass is 999 g/mol. The number of hydrogen-bond donors (Lipinski definition) is 0. The molecule has 0 amide bonds. The van der Waals surface area contributed by atoms with Crippen LogP contribution in [0.25, 0.3) is 76.8 Å². The second kappa shape index (κ2) is 19.1. The Morgan fingerprint density at radius 3 is 1.04 bits per heavy atom. The normalized spacial score (nSPS) is 13.4. The summed E-state index contributed by atoms with van der Waals surface area (Å²) >= 11 is 0. The van der Waals surface area contributed by atoms with E-state index in [4.69, 9.17) is 8.22 Å². The second-order valence-corrected chi connectivity index (χ2v) is 19.9. The fourth-order valence-corrected chi connectivity index (χ4v) is 11.2. The maximum atomic E-state index is 18.5. The Kier molecular flexibility index (Phi) is 9.51. The van der Waals surface area contributed by atoms with Crippen LogP contribution in [-0.4, -0.2) is 0 Å². The SMILES string of the molecule is [2H]c1c([2H])c([2H])c(N(c2c(F)cc(-c3cccc(C)c3C)cc2-c2cccc(C)c2C)c2ccc3ccc4c(N(c5c(F)cc(-c6cccc(C)c6C)cc5-c5cccc(C)c5C)c5c([2H])c([2H])c([2H])c([2H])c5[2H])ccc5ccc2c3c54)c([2H])c1[2H]. The molecule has 2 nitrogen and oxygen atoms in total. The van der Waals surface area contributed by atoms with Gasteiger partial charge in [-0.15, -0.1) is 0 Å². The van der Waals surface area contributed by atoms with E-state index < -0.39 is 72.1 Å². The quantitative estimate of drug-likeness (QED) is 0.126. The van der Waals surface area contributed by atoms with Crippen molar-refractivity contribution < 1.29 is 22.5 Å². The van der Waals surface area contributed by atoms with Gasteiger partial charge in [0, 0.05) is 33.3 Å². The average Bonchev–Trinajstić information content (AvgIpc) is 0.765. The number of rotatable bonds is 10. The minimum Gasteiger partial charge on any atom is -0.307 e. The first-order valence-electron chi connectivity index (χ1n) is 30.4. The van der Waals surface area contributed by atoms with Gasteiger partial charge in [-0.25, -0.2) is 8.78 Å². The molecule has 0 aliphatic rings. The molecule has 0 atom stereocenters. The maximum Gasteiger partial charge on any atom is 0.148 e. The standard InChI is InChI=1S/C72H58F2N2/c1-43-19-15-27-57(47(43)5)53-39-63(59-29-17-21-45(3)49(59)7)71(65(73)41-53)75(55-23-11-9-12-24-55)67-37-33-51-32-36-62-68(38-34-52-31-35-61(67)69(51)70(52)62)76(56-25-13-10-14-26-56)72-64(60-30-18-22-46(4)50(60)8)40-54(42-66(72)74)58-28-16-20-44(2)48(58)6/h9-42H,1-8H3/i9D,10D,11D,12D,13D,14D,23D,24D,25D,26D. The van der Waals surface area contributed by atoms with Crippen LogP contribution in [0, 0.1) is 67.0 Å². The van der Waals surface area contributed by atoms with Crippen molar-refractivity contribution in [2.75, 3.05) is 9.80 Å². The molecule has 0 saturated carbocycles. The van der Waals surface area contributed by atoms with E-state index >= 15 is 8.78 Å². The van der Waals surface area contributed by atoms with E-state index in [1.54, 1.807) is 12.1 Å². The minimum absolute atomic E-state index is 0.0619. The molecule has 0 aromatic heterocycles. The zero-order valence-electron chi connectivity index (χ0n) is 53.5. The first-order chi connectivity index (χ1) is 41.0. The van der Waals surface area contributed by atoms with Crippen molar-refractivity contribution >= 4 is 66.4 Å². The molecular weight excluding hydrogens is 931 g/mol. The highest BCUT2D eigenvalue weighted by Crippen LogP contribution is 2.52. The van der Waals surface area contributed by atoms with Crippen molar-refractivity contribution in [2.45, 2.75) is 55.4 Å². The van der Waals surface area contributed by atoms with Gasteiger partial charge in [0.1, 0.15) is 11.6 Å². The molecule has 12 rings (SSSR count). The third-order valence-electron chi connectivity index (χ3n) is 15.7. The fraction of sp³-hybridized carbons (Fsp3) is 0.111. The van der Waals surface area contributed by atoms with Gasteiger partial charge < -0.3 is 9.80 Å². The highest BCUT2D eigenvalue weighted by molar-refractivity contribution is 6.28. The molecule has 0 saturated heterocycles. The lowest BCUT2D eigenvalue weighted by Crippen LogP contribution is -2.15. The number of hydrogen-bond acceptors (Lipinski definition) is 2. The summed E-state index contributed by atoms with van der Waals surface area (Å²) in [6.07, 6.45) is 0. The lowest BCUT2D eigenvalue weighted by molar-refractivity contribution is 0.629. The van der Waals surface area contributed by atoms with E-state index in [2.05, 4.69) is 0 Å². The summed E-state index contributed by atoms with van der Waals surface area (Å²) in [6.45, 7) is 15.8. The van der Waals surface area contributed by atoms with Gasteiger partial charge >= 0.3 is 0 Å². The first kappa shape index (κ1) is 37.8. The molecule has 0 aliphatic heterocycles. The molecule has 12 aromatic carbocycles. The highest BCUT2D eigenvalue weighted by atomic mass is 19.1. The molecule has 0 fully saturated rings. The van der Waals surface area contributed by atoms with Crippen LogP contribution < -0.4 is 9.80 Å². The van der Waals surface area contributed by atoms with Crippen LogP contribution in [0.1, 0.15) is 58.2 Å². The Labute approximate surface area is 459 Å². The van der Waals surface area contributed by atoms with Crippen LogP contribution >= 0.6 is 0 Å². The number of halogens is 2. The van der Waals surface area contributed by atoms with E-state index in [1.807, 2.05) is 177 Å². The fourth-order valence-electron chi connectivity index (χ4n) is 11.2. The van der Waals surface area contributed by atoms with Crippen molar-refractivity contribution in [3.05, 3.63) is 262 Å². The first-order valence-corrected chi connectivity index (χ1v) is 25.4. The Morgan fingerprint density at radius 1 is 0.342 bits per heavy atom. The van der Waals surface area contributed by atoms with Gasteiger partial charge in [0.05, 0.1) is 36.5 Å². The van der Waals surface area contributed by atoms with Gasteiger partial charge in [-0.05, 0) is 215 Å². The molecule has 0 spiro atoms. The Bertz CT molecular complexity index is 4500. The lowest BCUT2D eigenvalue weighted by Gasteiger charge is -2.32. The van der Waals surface area contributed by atoms with Crippen molar-refractivity contribution in [1.82, 2.24) is 0 Å². The van der Waals surface area contributed by atoms with Crippen molar-refractivity contribution in [3.8, 4) is 44.5 Å². The molecular formula is C72H58F2N2. The van der Waals surface area contributed by atoms with Crippen LogP contribution in [0.3, 0.4) is 0 Å². The molecule has 0 unspecified atom stereocenters. The van der Waals surface area contributed by atoms with Gasteiger partial charge in [-0.1, -0.05) is 145 Å². The smallest absolute Gasteiger partial charge is 0.148 e. The maximum absolute atomic E-state index is 18.5. The third kappa shape index (κ3) is 7.99. The number of benzene rings is 12. The summed E-state index contributed by atoms with van der Waals surface area (Å²) in [5, 5.41) is 3.61. The van der Waals surface area contributed by atoms with Gasteiger partial charge in [-0.2, -0.15) is 0 Å². The zero-order chi connectivity index (χ0) is 61.2. The average molecular weight is 999 g/mol. The number of para-hydroxylation sites is 2. The molecule has 0 bridgehead atoms. The number of anilines is 6. The molecule has 76 heavy (non-hydrogen) atoms. The van der Waals surface area contributed by atoms with Crippen molar-refractivity contribution in [1.29, 1.82) is 0 Å².